The minimum Gasteiger partial charge on any atom is -0.489 e. The number of aliphatic imine (C=N–C) groups is 1. The maximum Gasteiger partial charge on any atom is 0.286 e. The highest BCUT2D eigenvalue weighted by atomic mass is 35.5. The van der Waals surface area contributed by atoms with E-state index in [1.165, 1.54) is 17.3 Å². The van der Waals surface area contributed by atoms with Crippen LogP contribution in [-0.4, -0.2) is 56.8 Å². The number of benzene rings is 4. The highest BCUT2D eigenvalue weighted by Crippen LogP contribution is 2.34. The Morgan fingerprint density at radius 1 is 0.804 bits per heavy atom. The number of rotatable bonds is 8. The van der Waals surface area contributed by atoms with Crippen LogP contribution >= 0.6 is 23.4 Å². The van der Waals surface area contributed by atoms with Gasteiger partial charge in [-0.25, -0.2) is 4.68 Å². The maximum absolute atomic E-state index is 13.1. The van der Waals surface area contributed by atoms with Gasteiger partial charge in [0.25, 0.3) is 5.91 Å². The van der Waals surface area contributed by atoms with Crippen LogP contribution in [0.15, 0.2) is 125 Å². The van der Waals surface area contributed by atoms with Crippen LogP contribution < -0.4 is 4.74 Å². The zero-order valence-corrected chi connectivity index (χ0v) is 26.7. The number of hydrogen-bond acceptors (Lipinski definition) is 6. The van der Waals surface area contributed by atoms with Crippen LogP contribution in [0.2, 0.25) is 5.02 Å². The summed E-state index contributed by atoms with van der Waals surface area (Å²) in [6.07, 6.45) is 3.89. The van der Waals surface area contributed by atoms with E-state index in [2.05, 4.69) is 39.1 Å². The third-order valence-electron chi connectivity index (χ3n) is 8.00. The number of amidine groups is 1. The summed E-state index contributed by atoms with van der Waals surface area (Å²) in [6, 6.07) is 36.0. The molecule has 3 heterocycles. The standard InChI is InChI=1S/C37H32ClN5O2S/c38-31-15-11-28(12-16-31)26-45-33-17-13-29(14-18-33)35-30(25-43(40-35)32-9-5-2-6-10-32)23-34-36(44)39-37(46-34)42-21-19-41(20-22-42)24-27-7-3-1-4-8-27/h1-18,23,25H,19-22,24,26H2/b34-23-. The molecule has 5 aromatic rings. The molecule has 1 aromatic heterocycles. The van der Waals surface area contributed by atoms with E-state index in [1.807, 2.05) is 102 Å². The van der Waals surface area contributed by atoms with Crippen molar-refractivity contribution in [1.82, 2.24) is 19.6 Å². The second kappa shape index (κ2) is 13.8. The molecule has 0 radical (unpaired) electrons. The molecule has 0 atom stereocenters. The molecule has 0 aliphatic carbocycles. The number of aromatic nitrogens is 2. The summed E-state index contributed by atoms with van der Waals surface area (Å²) in [5.74, 6) is 0.542. The van der Waals surface area contributed by atoms with E-state index in [-0.39, 0.29) is 5.91 Å². The number of halogens is 1. The SMILES string of the molecule is O=C1N=C(N2CCN(Cc3ccccc3)CC2)S/C1=C\c1cn(-c2ccccc2)nc1-c1ccc(OCc2ccc(Cl)cc2)cc1. The van der Waals surface area contributed by atoms with Gasteiger partial charge in [0.15, 0.2) is 5.17 Å². The Bertz CT molecular complexity index is 1870. The predicted octanol–water partition coefficient (Wildman–Crippen LogP) is 7.56. The van der Waals surface area contributed by atoms with Gasteiger partial charge in [-0.15, -0.1) is 0 Å². The van der Waals surface area contributed by atoms with Crippen molar-refractivity contribution in [2.45, 2.75) is 13.2 Å². The number of thioether (sulfide) groups is 1. The molecule has 9 heteroatoms. The first-order valence-electron chi connectivity index (χ1n) is 15.2. The lowest BCUT2D eigenvalue weighted by Gasteiger charge is -2.35. The van der Waals surface area contributed by atoms with Crippen LogP contribution in [0.5, 0.6) is 5.75 Å². The Morgan fingerprint density at radius 3 is 2.22 bits per heavy atom. The molecule has 2 aliphatic heterocycles. The highest BCUT2D eigenvalue weighted by Gasteiger charge is 2.29. The van der Waals surface area contributed by atoms with E-state index in [1.54, 1.807) is 0 Å². The molecular formula is C37H32ClN5O2S. The molecule has 0 bridgehead atoms. The van der Waals surface area contributed by atoms with Gasteiger partial charge in [0.05, 0.1) is 16.3 Å². The molecule has 1 saturated heterocycles. The summed E-state index contributed by atoms with van der Waals surface area (Å²) in [7, 11) is 0. The zero-order valence-electron chi connectivity index (χ0n) is 25.1. The Balaban J connectivity index is 1.07. The lowest BCUT2D eigenvalue weighted by molar-refractivity contribution is -0.113. The third-order valence-corrected chi connectivity index (χ3v) is 9.29. The van der Waals surface area contributed by atoms with Gasteiger partial charge in [-0.2, -0.15) is 10.1 Å². The van der Waals surface area contributed by atoms with Crippen LogP contribution in [0.1, 0.15) is 16.7 Å². The molecule has 230 valence electrons. The van der Waals surface area contributed by atoms with Gasteiger partial charge < -0.3 is 9.64 Å². The molecule has 0 N–H and O–H groups in total. The van der Waals surface area contributed by atoms with Gasteiger partial charge in [-0.3, -0.25) is 9.69 Å². The van der Waals surface area contributed by atoms with Gasteiger partial charge in [0.2, 0.25) is 0 Å². The summed E-state index contributed by atoms with van der Waals surface area (Å²) in [4.78, 5) is 22.9. The first-order chi connectivity index (χ1) is 22.6. The summed E-state index contributed by atoms with van der Waals surface area (Å²) in [5, 5.41) is 6.42. The summed E-state index contributed by atoms with van der Waals surface area (Å²) >= 11 is 7.45. The average molecular weight is 646 g/mol. The van der Waals surface area contributed by atoms with Gasteiger partial charge in [0, 0.05) is 55.1 Å². The normalized spacial score (nSPS) is 16.2. The highest BCUT2D eigenvalue weighted by molar-refractivity contribution is 8.18. The summed E-state index contributed by atoms with van der Waals surface area (Å²) in [6.45, 7) is 4.90. The molecule has 0 saturated carbocycles. The van der Waals surface area contributed by atoms with Crippen molar-refractivity contribution in [3.8, 4) is 22.7 Å². The molecule has 1 amide bonds. The number of para-hydroxylation sites is 1. The molecule has 0 spiro atoms. The van der Waals surface area contributed by atoms with Crippen molar-refractivity contribution in [3.05, 3.63) is 142 Å². The summed E-state index contributed by atoms with van der Waals surface area (Å²) in [5.41, 5.74) is 5.84. The van der Waals surface area contributed by atoms with E-state index in [0.717, 1.165) is 71.7 Å². The van der Waals surface area contributed by atoms with E-state index in [4.69, 9.17) is 21.4 Å². The van der Waals surface area contributed by atoms with Crippen molar-refractivity contribution in [3.63, 3.8) is 0 Å². The predicted molar refractivity (Wildman–Crippen MR) is 186 cm³/mol. The minimum absolute atomic E-state index is 0.212. The van der Waals surface area contributed by atoms with E-state index in [9.17, 15) is 4.79 Å². The van der Waals surface area contributed by atoms with Crippen LogP contribution in [0.4, 0.5) is 0 Å². The Labute approximate surface area is 277 Å². The van der Waals surface area contributed by atoms with Crippen molar-refractivity contribution in [1.29, 1.82) is 0 Å². The van der Waals surface area contributed by atoms with Crippen molar-refractivity contribution in [2.75, 3.05) is 26.2 Å². The minimum atomic E-state index is -0.212. The quantitative estimate of drug-likeness (QED) is 0.162. The van der Waals surface area contributed by atoms with E-state index >= 15 is 0 Å². The summed E-state index contributed by atoms with van der Waals surface area (Å²) < 4.78 is 7.86. The van der Waals surface area contributed by atoms with Crippen LogP contribution in [0.3, 0.4) is 0 Å². The number of carbonyl (C=O) groups is 1. The molecule has 4 aromatic carbocycles. The van der Waals surface area contributed by atoms with Crippen molar-refractivity contribution >= 4 is 40.5 Å². The molecule has 1 fully saturated rings. The number of nitrogens with zero attached hydrogens (tertiary/aromatic N) is 5. The number of carbonyl (C=O) groups excluding carboxylic acids is 1. The molecular weight excluding hydrogens is 614 g/mol. The second-order valence-electron chi connectivity index (χ2n) is 11.2. The zero-order chi connectivity index (χ0) is 31.3. The molecule has 7 rings (SSSR count). The largest absolute Gasteiger partial charge is 0.489 e. The smallest absolute Gasteiger partial charge is 0.286 e. The first-order valence-corrected chi connectivity index (χ1v) is 16.4. The van der Waals surface area contributed by atoms with E-state index in [0.29, 0.717) is 16.5 Å². The maximum atomic E-state index is 13.1. The number of amides is 1. The number of hydrogen-bond donors (Lipinski definition) is 0. The van der Waals surface area contributed by atoms with E-state index < -0.39 is 0 Å². The fraction of sp³-hybridized carbons (Fsp3) is 0.162. The Hall–Kier alpha value is -4.63. The fourth-order valence-corrected chi connectivity index (χ4v) is 6.58. The number of ether oxygens (including phenoxy) is 1. The van der Waals surface area contributed by atoms with Gasteiger partial charge in [-0.1, -0.05) is 72.3 Å². The van der Waals surface area contributed by atoms with Gasteiger partial charge in [-0.05, 0) is 77.5 Å². The second-order valence-corrected chi connectivity index (χ2v) is 12.7. The lowest BCUT2D eigenvalue weighted by Crippen LogP contribution is -2.47. The van der Waals surface area contributed by atoms with Crippen LogP contribution in [0, 0.1) is 0 Å². The molecule has 2 aliphatic rings. The Kier molecular flexibility index (Phi) is 9.01. The first kappa shape index (κ1) is 30.0. The van der Waals surface area contributed by atoms with Gasteiger partial charge in [0.1, 0.15) is 12.4 Å². The lowest BCUT2D eigenvalue weighted by atomic mass is 10.1. The monoisotopic (exact) mass is 645 g/mol. The third kappa shape index (κ3) is 7.10. The van der Waals surface area contributed by atoms with Crippen LogP contribution in [0.25, 0.3) is 23.0 Å². The van der Waals surface area contributed by atoms with Crippen molar-refractivity contribution < 1.29 is 9.53 Å². The molecule has 7 nitrogen and oxygen atoms in total. The van der Waals surface area contributed by atoms with Crippen molar-refractivity contribution in [2.24, 2.45) is 4.99 Å². The topological polar surface area (TPSA) is 63.0 Å². The van der Waals surface area contributed by atoms with Gasteiger partial charge >= 0.3 is 0 Å². The molecule has 0 unspecified atom stereocenters. The Morgan fingerprint density at radius 2 is 1.50 bits per heavy atom. The fourth-order valence-electron chi connectivity index (χ4n) is 5.50. The molecule has 46 heavy (non-hydrogen) atoms. The average Bonchev–Trinajstić information content (AvgIpc) is 3.69. The van der Waals surface area contributed by atoms with Crippen LogP contribution in [-0.2, 0) is 17.9 Å². The number of piperazine rings is 1.